The summed E-state index contributed by atoms with van der Waals surface area (Å²) in [6.45, 7) is -0.0361. The first-order chi connectivity index (χ1) is 8.40. The van der Waals surface area contributed by atoms with Crippen LogP contribution in [0, 0.1) is 0 Å². The van der Waals surface area contributed by atoms with E-state index in [0.717, 1.165) is 4.31 Å². The Kier molecular flexibility index (Phi) is 3.63. The van der Waals surface area contributed by atoms with E-state index in [1.165, 1.54) is 0 Å². The van der Waals surface area contributed by atoms with Gasteiger partial charge in [-0.1, -0.05) is 0 Å². The number of aliphatic hydroxyl groups is 1. The number of carbonyl (C=O) groups is 1. The van der Waals surface area contributed by atoms with Gasteiger partial charge in [-0.3, -0.25) is 4.79 Å². The molecule has 2 aliphatic rings. The van der Waals surface area contributed by atoms with E-state index in [9.17, 15) is 13.2 Å². The molecule has 1 saturated heterocycles. The molecule has 1 aliphatic heterocycles. The van der Waals surface area contributed by atoms with E-state index < -0.39 is 27.8 Å². The Morgan fingerprint density at radius 1 is 1.39 bits per heavy atom. The molecule has 0 amide bonds. The second-order valence-corrected chi connectivity index (χ2v) is 6.63. The van der Waals surface area contributed by atoms with Crippen molar-refractivity contribution in [1.29, 1.82) is 0 Å². The summed E-state index contributed by atoms with van der Waals surface area (Å²) in [5.74, 6) is -1.12. The van der Waals surface area contributed by atoms with Crippen LogP contribution < -0.4 is 4.72 Å². The fraction of sp³-hybridized carbons (Fsp3) is 0.900. The van der Waals surface area contributed by atoms with Crippen LogP contribution in [0.25, 0.3) is 0 Å². The maximum Gasteiger partial charge on any atom is 0.322 e. The van der Waals surface area contributed by atoms with E-state index in [4.69, 9.17) is 10.2 Å². The zero-order valence-electron chi connectivity index (χ0n) is 10.0. The van der Waals surface area contributed by atoms with Crippen molar-refractivity contribution < 1.29 is 23.4 Å². The summed E-state index contributed by atoms with van der Waals surface area (Å²) in [6, 6.07) is -0.995. The molecule has 104 valence electrons. The van der Waals surface area contributed by atoms with Gasteiger partial charge >= 0.3 is 5.97 Å². The van der Waals surface area contributed by atoms with Crippen molar-refractivity contribution in [2.24, 2.45) is 0 Å². The van der Waals surface area contributed by atoms with Crippen LogP contribution in [-0.2, 0) is 15.0 Å². The van der Waals surface area contributed by atoms with Crippen LogP contribution in [0.2, 0.25) is 0 Å². The van der Waals surface area contributed by atoms with Crippen molar-refractivity contribution >= 4 is 16.2 Å². The third kappa shape index (κ3) is 2.66. The van der Waals surface area contributed by atoms with Crippen molar-refractivity contribution in [2.75, 3.05) is 13.2 Å². The second kappa shape index (κ2) is 4.76. The molecule has 0 aromatic carbocycles. The van der Waals surface area contributed by atoms with Gasteiger partial charge in [-0.05, 0) is 32.1 Å². The van der Waals surface area contributed by atoms with E-state index in [2.05, 4.69) is 4.72 Å². The first-order valence-electron chi connectivity index (χ1n) is 6.05. The fourth-order valence-electron chi connectivity index (χ4n) is 2.22. The Balaban J connectivity index is 2.14. The molecule has 1 unspecified atom stereocenters. The number of nitrogens with one attached hydrogen (secondary N) is 1. The number of hydrogen-bond donors (Lipinski definition) is 3. The zero-order chi connectivity index (χ0) is 13.4. The summed E-state index contributed by atoms with van der Waals surface area (Å²) in [7, 11) is -3.84. The van der Waals surface area contributed by atoms with Crippen molar-refractivity contribution in [1.82, 2.24) is 9.03 Å². The highest BCUT2D eigenvalue weighted by atomic mass is 32.2. The molecular weight excluding hydrogens is 260 g/mol. The van der Waals surface area contributed by atoms with Crippen LogP contribution in [-0.4, -0.2) is 53.6 Å². The van der Waals surface area contributed by atoms with Crippen molar-refractivity contribution in [3.63, 3.8) is 0 Å². The van der Waals surface area contributed by atoms with E-state index in [1.54, 1.807) is 0 Å². The van der Waals surface area contributed by atoms with Gasteiger partial charge in [0, 0.05) is 6.54 Å². The first kappa shape index (κ1) is 13.7. The Labute approximate surface area is 106 Å². The third-order valence-corrected chi connectivity index (χ3v) is 5.29. The number of hydrogen-bond acceptors (Lipinski definition) is 4. The summed E-state index contributed by atoms with van der Waals surface area (Å²) in [5.41, 5.74) is -0.765. The van der Waals surface area contributed by atoms with Crippen molar-refractivity contribution in [2.45, 2.75) is 43.7 Å². The summed E-state index contributed by atoms with van der Waals surface area (Å²) < 4.78 is 27.8. The molecule has 7 nitrogen and oxygen atoms in total. The van der Waals surface area contributed by atoms with Gasteiger partial charge in [0.1, 0.15) is 6.04 Å². The van der Waals surface area contributed by atoms with Gasteiger partial charge in [-0.2, -0.15) is 17.4 Å². The Morgan fingerprint density at radius 2 is 2.06 bits per heavy atom. The van der Waals surface area contributed by atoms with E-state index in [0.29, 0.717) is 32.1 Å². The van der Waals surface area contributed by atoms with Gasteiger partial charge in [0.15, 0.2) is 0 Å². The largest absolute Gasteiger partial charge is 0.480 e. The minimum atomic E-state index is -3.84. The van der Waals surface area contributed by atoms with Gasteiger partial charge < -0.3 is 10.2 Å². The smallest absolute Gasteiger partial charge is 0.322 e. The van der Waals surface area contributed by atoms with E-state index in [1.807, 2.05) is 0 Å². The molecule has 18 heavy (non-hydrogen) atoms. The lowest BCUT2D eigenvalue weighted by molar-refractivity contribution is -0.142. The van der Waals surface area contributed by atoms with Crippen molar-refractivity contribution in [3.8, 4) is 0 Å². The van der Waals surface area contributed by atoms with Crippen molar-refractivity contribution in [3.05, 3.63) is 0 Å². The first-order valence-corrected chi connectivity index (χ1v) is 7.49. The number of aliphatic carboxylic acids is 1. The summed E-state index contributed by atoms with van der Waals surface area (Å²) in [6.07, 6.45) is 2.90. The molecule has 1 saturated carbocycles. The average Bonchev–Trinajstić information content (AvgIpc) is 3.09. The minimum absolute atomic E-state index is 0.216. The highest BCUT2D eigenvalue weighted by molar-refractivity contribution is 7.87. The van der Waals surface area contributed by atoms with Gasteiger partial charge in [0.2, 0.25) is 0 Å². The average molecular weight is 278 g/mol. The summed E-state index contributed by atoms with van der Waals surface area (Å²) in [5, 5.41) is 18.2. The number of aliphatic hydroxyl groups excluding tert-OH is 1. The number of piperidine rings is 1. The maximum atomic E-state index is 12.2. The van der Waals surface area contributed by atoms with Crippen LogP contribution in [0.15, 0.2) is 0 Å². The number of carboxylic acid groups (broad SMARTS) is 1. The molecule has 1 heterocycles. The second-order valence-electron chi connectivity index (χ2n) is 5.01. The fourth-order valence-corrected chi connectivity index (χ4v) is 4.05. The predicted molar refractivity (Wildman–Crippen MR) is 63.1 cm³/mol. The normalized spacial score (nSPS) is 27.9. The molecule has 0 aromatic heterocycles. The number of rotatable bonds is 5. The topological polar surface area (TPSA) is 107 Å². The molecule has 8 heteroatoms. The highest BCUT2D eigenvalue weighted by Crippen LogP contribution is 2.36. The van der Waals surface area contributed by atoms with Crippen LogP contribution in [0.4, 0.5) is 0 Å². The van der Waals surface area contributed by atoms with E-state index >= 15 is 0 Å². The molecule has 1 aliphatic carbocycles. The molecule has 2 fully saturated rings. The van der Waals surface area contributed by atoms with Crippen LogP contribution >= 0.6 is 0 Å². The Morgan fingerprint density at radius 3 is 2.56 bits per heavy atom. The molecule has 3 N–H and O–H groups in total. The quantitative estimate of drug-likeness (QED) is 0.615. The standard InChI is InChI=1S/C10H18N2O5S/c13-7-10(4-5-10)11-18(16,17)12-6-2-1-3-8(12)9(14)15/h8,11,13H,1-7H2,(H,14,15). The third-order valence-electron chi connectivity index (χ3n) is 3.55. The lowest BCUT2D eigenvalue weighted by atomic mass is 10.1. The zero-order valence-corrected chi connectivity index (χ0v) is 10.8. The molecule has 0 radical (unpaired) electrons. The van der Waals surface area contributed by atoms with Gasteiger partial charge in [-0.25, -0.2) is 0 Å². The number of nitrogens with zero attached hydrogens (tertiary/aromatic N) is 1. The van der Waals surface area contributed by atoms with Gasteiger partial charge in [0.25, 0.3) is 10.2 Å². The van der Waals surface area contributed by atoms with Crippen LogP contribution in [0.1, 0.15) is 32.1 Å². The van der Waals surface area contributed by atoms with Gasteiger partial charge in [0.05, 0.1) is 12.1 Å². The minimum Gasteiger partial charge on any atom is -0.480 e. The summed E-state index contributed by atoms with van der Waals surface area (Å²) in [4.78, 5) is 11.1. The molecule has 0 bridgehead atoms. The molecular formula is C10H18N2O5S. The van der Waals surface area contributed by atoms with Crippen LogP contribution in [0.3, 0.4) is 0 Å². The lowest BCUT2D eigenvalue weighted by Crippen LogP contribution is -2.55. The molecule has 1 atom stereocenters. The number of carboxylic acids is 1. The monoisotopic (exact) mass is 278 g/mol. The summed E-state index contributed by atoms with van der Waals surface area (Å²) >= 11 is 0. The highest BCUT2D eigenvalue weighted by Gasteiger charge is 2.48. The van der Waals surface area contributed by atoms with E-state index in [-0.39, 0.29) is 13.2 Å². The molecule has 0 aromatic rings. The Hall–Kier alpha value is -0.700. The SMILES string of the molecule is O=C(O)C1CCCCN1S(=O)(=O)NC1(CO)CC1. The van der Waals surface area contributed by atoms with Gasteiger partial charge in [-0.15, -0.1) is 0 Å². The molecule has 0 spiro atoms. The maximum absolute atomic E-state index is 12.2. The molecule has 2 rings (SSSR count). The van der Waals surface area contributed by atoms with Crippen LogP contribution in [0.5, 0.6) is 0 Å². The Bertz CT molecular complexity index is 432. The lowest BCUT2D eigenvalue weighted by Gasteiger charge is -2.33. The predicted octanol–water partition coefficient (Wildman–Crippen LogP) is -0.715.